The summed E-state index contributed by atoms with van der Waals surface area (Å²) in [6.07, 6.45) is 0.584. The highest BCUT2D eigenvalue weighted by Gasteiger charge is 2.45. The van der Waals surface area contributed by atoms with E-state index in [0.717, 1.165) is 18.6 Å². The zero-order valence-electron chi connectivity index (χ0n) is 17.5. The molecule has 2 rings (SSSR count). The second-order valence-electron chi connectivity index (χ2n) is 9.44. The van der Waals surface area contributed by atoms with Crippen molar-refractivity contribution in [3.05, 3.63) is 29.3 Å². The third kappa shape index (κ3) is 4.99. The summed E-state index contributed by atoms with van der Waals surface area (Å²) >= 11 is 0. The maximum atomic E-state index is 10.6. The molecule has 0 bridgehead atoms. The number of piperidine rings is 1. The molecule has 26 heavy (non-hydrogen) atoms. The third-order valence-electron chi connectivity index (χ3n) is 5.63. The summed E-state index contributed by atoms with van der Waals surface area (Å²) in [5, 5.41) is 20.7. The van der Waals surface area contributed by atoms with Crippen molar-refractivity contribution >= 4 is 0 Å². The van der Waals surface area contributed by atoms with E-state index in [4.69, 9.17) is 4.74 Å². The normalized spacial score (nSPS) is 21.8. The van der Waals surface area contributed by atoms with Crippen molar-refractivity contribution in [3.63, 3.8) is 0 Å². The highest BCUT2D eigenvalue weighted by atomic mass is 16.5. The largest absolute Gasteiger partial charge is 0.491 e. The Kier molecular flexibility index (Phi) is 6.42. The van der Waals surface area contributed by atoms with Crippen LogP contribution >= 0.6 is 0 Å². The van der Waals surface area contributed by atoms with Gasteiger partial charge in [0.1, 0.15) is 18.5 Å². The fourth-order valence-corrected chi connectivity index (χ4v) is 4.60. The molecular weight excluding hydrogens is 326 g/mol. The Morgan fingerprint density at radius 1 is 1.15 bits per heavy atom. The van der Waals surface area contributed by atoms with Crippen molar-refractivity contribution in [2.75, 3.05) is 13.2 Å². The van der Waals surface area contributed by atoms with Crippen molar-refractivity contribution < 1.29 is 14.9 Å². The maximum Gasteiger partial charge on any atom is 0.119 e. The number of likely N-dealkylation sites (tertiary alicyclic amines) is 1. The molecule has 1 fully saturated rings. The monoisotopic (exact) mass is 363 g/mol. The maximum absolute atomic E-state index is 10.6. The Balaban J connectivity index is 1.98. The van der Waals surface area contributed by atoms with Gasteiger partial charge in [-0.15, -0.1) is 0 Å². The molecular formula is C22H37NO3. The summed E-state index contributed by atoms with van der Waals surface area (Å²) in [4.78, 5) is 2.31. The highest BCUT2D eigenvalue weighted by molar-refractivity contribution is 5.36. The molecule has 0 radical (unpaired) electrons. The molecule has 0 saturated carbocycles. The van der Waals surface area contributed by atoms with Gasteiger partial charge < -0.3 is 14.9 Å². The number of ether oxygens (including phenoxy) is 1. The summed E-state index contributed by atoms with van der Waals surface area (Å²) in [5.74, 6) is 1.30. The number of benzene rings is 1. The van der Waals surface area contributed by atoms with Crippen LogP contribution in [-0.2, 0) is 0 Å². The van der Waals surface area contributed by atoms with E-state index in [1.807, 2.05) is 12.1 Å². The lowest BCUT2D eigenvalue weighted by molar-refractivity contribution is -0.1000. The molecule has 0 unspecified atom stereocenters. The minimum absolute atomic E-state index is 0.155. The van der Waals surface area contributed by atoms with E-state index >= 15 is 0 Å². The Labute approximate surface area is 159 Å². The van der Waals surface area contributed by atoms with Gasteiger partial charge in [-0.25, -0.2) is 0 Å². The van der Waals surface area contributed by atoms with Gasteiger partial charge in [-0.05, 0) is 76.6 Å². The summed E-state index contributed by atoms with van der Waals surface area (Å²) in [6, 6.07) is 6.15. The minimum Gasteiger partial charge on any atom is -0.491 e. The number of nitrogens with zero attached hydrogens (tertiary/aromatic N) is 1. The molecule has 1 atom stereocenters. The van der Waals surface area contributed by atoms with Crippen LogP contribution in [0.3, 0.4) is 0 Å². The van der Waals surface area contributed by atoms with Crippen LogP contribution in [0.25, 0.3) is 0 Å². The Hall–Kier alpha value is -1.10. The number of rotatable bonds is 6. The smallest absolute Gasteiger partial charge is 0.119 e. The van der Waals surface area contributed by atoms with E-state index in [-0.39, 0.29) is 23.8 Å². The lowest BCUT2D eigenvalue weighted by atomic mass is 9.78. The summed E-state index contributed by atoms with van der Waals surface area (Å²) in [7, 11) is 0. The fraction of sp³-hybridized carbons (Fsp3) is 0.727. The highest BCUT2D eigenvalue weighted by Crippen LogP contribution is 2.38. The van der Waals surface area contributed by atoms with Crippen LogP contribution in [0.15, 0.2) is 18.2 Å². The van der Waals surface area contributed by atoms with E-state index in [1.165, 1.54) is 11.1 Å². The van der Waals surface area contributed by atoms with Crippen LogP contribution < -0.4 is 4.74 Å². The average molecular weight is 364 g/mol. The first-order valence-corrected chi connectivity index (χ1v) is 9.79. The van der Waals surface area contributed by atoms with Gasteiger partial charge in [-0.1, -0.05) is 19.9 Å². The SMILES string of the molecule is Cc1cc(OC[C@@H](O)CN2C(C)(C)CC(O)CC2(C)C)ccc1C(C)C. The van der Waals surface area contributed by atoms with Crippen LogP contribution in [-0.4, -0.2) is 51.6 Å². The average Bonchev–Trinajstić information content (AvgIpc) is 2.47. The van der Waals surface area contributed by atoms with E-state index in [1.54, 1.807) is 0 Å². The standard InChI is InChI=1S/C22H37NO3/c1-15(2)20-9-8-19(10-16(20)3)26-14-18(25)13-23-21(4,5)11-17(24)12-22(23,6)7/h8-10,15,17-18,24-25H,11-14H2,1-7H3/t18-/m0/s1. The van der Waals surface area contributed by atoms with E-state index < -0.39 is 6.10 Å². The van der Waals surface area contributed by atoms with Gasteiger partial charge in [0.15, 0.2) is 0 Å². The number of hydrogen-bond acceptors (Lipinski definition) is 4. The first kappa shape index (κ1) is 21.2. The zero-order chi connectivity index (χ0) is 19.7. The zero-order valence-corrected chi connectivity index (χ0v) is 17.5. The molecule has 1 aromatic rings. The number of aryl methyl sites for hydroxylation is 1. The Bertz CT molecular complexity index is 591. The van der Waals surface area contributed by atoms with Crippen molar-refractivity contribution in [1.29, 1.82) is 0 Å². The van der Waals surface area contributed by atoms with E-state index in [2.05, 4.69) is 59.4 Å². The molecule has 4 heteroatoms. The molecule has 0 aromatic heterocycles. The Morgan fingerprint density at radius 2 is 1.73 bits per heavy atom. The predicted molar refractivity (Wildman–Crippen MR) is 107 cm³/mol. The number of hydrogen-bond donors (Lipinski definition) is 2. The first-order chi connectivity index (χ1) is 11.9. The summed E-state index contributed by atoms with van der Waals surface area (Å²) in [6.45, 7) is 15.8. The van der Waals surface area contributed by atoms with Crippen LogP contribution in [0.4, 0.5) is 0 Å². The third-order valence-corrected chi connectivity index (χ3v) is 5.63. The van der Waals surface area contributed by atoms with E-state index in [9.17, 15) is 10.2 Å². The van der Waals surface area contributed by atoms with Crippen LogP contribution in [0.1, 0.15) is 71.4 Å². The van der Waals surface area contributed by atoms with Crippen molar-refractivity contribution in [2.45, 2.75) is 90.5 Å². The second-order valence-corrected chi connectivity index (χ2v) is 9.44. The van der Waals surface area contributed by atoms with Crippen molar-refractivity contribution in [3.8, 4) is 5.75 Å². The molecule has 0 spiro atoms. The quantitative estimate of drug-likeness (QED) is 0.805. The van der Waals surface area contributed by atoms with Crippen LogP contribution in [0, 0.1) is 6.92 Å². The van der Waals surface area contributed by atoms with Crippen molar-refractivity contribution in [2.24, 2.45) is 0 Å². The summed E-state index contributed by atoms with van der Waals surface area (Å²) < 4.78 is 5.86. The van der Waals surface area contributed by atoms with Crippen molar-refractivity contribution in [1.82, 2.24) is 4.90 Å². The summed E-state index contributed by atoms with van der Waals surface area (Å²) in [5.41, 5.74) is 2.24. The number of aliphatic hydroxyl groups excluding tert-OH is 2. The van der Waals surface area contributed by atoms with Gasteiger partial charge in [-0.2, -0.15) is 0 Å². The van der Waals surface area contributed by atoms with Gasteiger partial charge in [0.25, 0.3) is 0 Å². The van der Waals surface area contributed by atoms with Gasteiger partial charge in [0.2, 0.25) is 0 Å². The van der Waals surface area contributed by atoms with Gasteiger partial charge in [0.05, 0.1) is 6.10 Å². The fourth-order valence-electron chi connectivity index (χ4n) is 4.60. The van der Waals surface area contributed by atoms with Gasteiger partial charge in [-0.3, -0.25) is 4.90 Å². The number of β-amino-alcohol motifs (C(OH)–C–C–N with tert-alkyl or cyclic N) is 1. The van der Waals surface area contributed by atoms with Gasteiger partial charge >= 0.3 is 0 Å². The number of aliphatic hydroxyl groups is 2. The van der Waals surface area contributed by atoms with Crippen LogP contribution in [0.2, 0.25) is 0 Å². The first-order valence-electron chi connectivity index (χ1n) is 9.79. The predicted octanol–water partition coefficient (Wildman–Crippen LogP) is 3.87. The lowest BCUT2D eigenvalue weighted by Crippen LogP contribution is -2.63. The molecule has 1 heterocycles. The lowest BCUT2D eigenvalue weighted by Gasteiger charge is -2.54. The second kappa shape index (κ2) is 7.87. The molecule has 4 nitrogen and oxygen atoms in total. The molecule has 0 aliphatic carbocycles. The van der Waals surface area contributed by atoms with E-state index in [0.29, 0.717) is 12.5 Å². The molecule has 1 aliphatic rings. The minimum atomic E-state index is -0.575. The topological polar surface area (TPSA) is 52.9 Å². The van der Waals surface area contributed by atoms with Gasteiger partial charge in [0, 0.05) is 17.6 Å². The van der Waals surface area contributed by atoms with Crippen LogP contribution in [0.5, 0.6) is 5.75 Å². The molecule has 1 aliphatic heterocycles. The Morgan fingerprint density at radius 3 is 2.23 bits per heavy atom. The molecule has 0 amide bonds. The molecule has 148 valence electrons. The molecule has 1 aromatic carbocycles. The molecule has 1 saturated heterocycles. The molecule has 2 N–H and O–H groups in total.